The largest absolute Gasteiger partial charge is 0.478 e. The molecule has 1 fully saturated rings. The van der Waals surface area contributed by atoms with Crippen molar-refractivity contribution in [1.82, 2.24) is 4.90 Å². The summed E-state index contributed by atoms with van der Waals surface area (Å²) in [6.07, 6.45) is 2.83. The van der Waals surface area contributed by atoms with Crippen LogP contribution in [0.2, 0.25) is 0 Å². The number of carboxylic acid groups (broad SMARTS) is 1. The Balaban J connectivity index is 2.07. The second kappa shape index (κ2) is 6.57. The highest BCUT2D eigenvalue weighted by molar-refractivity contribution is 5.85. The van der Waals surface area contributed by atoms with Gasteiger partial charge < -0.3 is 14.9 Å². The van der Waals surface area contributed by atoms with Gasteiger partial charge in [-0.05, 0) is 42.8 Å². The smallest absolute Gasteiger partial charge is 0.328 e. The van der Waals surface area contributed by atoms with E-state index in [-0.39, 0.29) is 0 Å². The summed E-state index contributed by atoms with van der Waals surface area (Å²) in [5.41, 5.74) is 3.30. The van der Waals surface area contributed by atoms with Crippen LogP contribution in [0.1, 0.15) is 18.1 Å². The van der Waals surface area contributed by atoms with Crippen LogP contribution >= 0.6 is 0 Å². The topological polar surface area (TPSA) is 43.8 Å². The lowest BCUT2D eigenvalue weighted by molar-refractivity contribution is -0.131. The van der Waals surface area contributed by atoms with Crippen LogP contribution in [0.5, 0.6) is 0 Å². The molecule has 0 atom stereocenters. The molecule has 0 aromatic heterocycles. The number of anilines is 1. The van der Waals surface area contributed by atoms with E-state index in [1.54, 1.807) is 6.08 Å². The van der Waals surface area contributed by atoms with Crippen LogP contribution in [-0.2, 0) is 4.79 Å². The van der Waals surface area contributed by atoms with Gasteiger partial charge in [0, 0.05) is 37.9 Å². The maximum absolute atomic E-state index is 10.6. The van der Waals surface area contributed by atoms with Crippen molar-refractivity contribution in [2.24, 2.45) is 0 Å². The normalized spacial score (nSPS) is 16.8. The number of carbonyl (C=O) groups is 1. The van der Waals surface area contributed by atoms with E-state index >= 15 is 0 Å². The minimum atomic E-state index is -0.913. The zero-order valence-corrected chi connectivity index (χ0v) is 12.2. The van der Waals surface area contributed by atoms with E-state index in [1.807, 2.05) is 13.0 Å². The summed E-state index contributed by atoms with van der Waals surface area (Å²) in [6, 6.07) is 6.22. The van der Waals surface area contributed by atoms with Gasteiger partial charge in [0.25, 0.3) is 0 Å². The van der Waals surface area contributed by atoms with Gasteiger partial charge in [0.1, 0.15) is 0 Å². The van der Waals surface area contributed by atoms with Gasteiger partial charge in [-0.1, -0.05) is 13.0 Å². The number of rotatable bonds is 4. The van der Waals surface area contributed by atoms with Gasteiger partial charge in [0.15, 0.2) is 0 Å². The molecule has 108 valence electrons. The summed E-state index contributed by atoms with van der Waals surface area (Å²) in [5.74, 6) is -0.913. The second-order valence-electron chi connectivity index (χ2n) is 5.13. The number of carboxylic acids is 1. The number of piperazine rings is 1. The molecule has 0 unspecified atom stereocenters. The first-order valence-electron chi connectivity index (χ1n) is 7.09. The van der Waals surface area contributed by atoms with Gasteiger partial charge in [-0.3, -0.25) is 0 Å². The van der Waals surface area contributed by atoms with Gasteiger partial charge in [-0.15, -0.1) is 0 Å². The molecule has 1 aliphatic rings. The van der Waals surface area contributed by atoms with E-state index in [0.29, 0.717) is 0 Å². The van der Waals surface area contributed by atoms with E-state index in [0.717, 1.165) is 43.9 Å². The highest BCUT2D eigenvalue weighted by Gasteiger charge is 2.15. The molecule has 1 saturated heterocycles. The van der Waals surface area contributed by atoms with E-state index in [4.69, 9.17) is 5.11 Å². The SMILES string of the molecule is CCN1CCN(c2ccc(C=CC(=O)O)c(C)c2)CC1. The maximum Gasteiger partial charge on any atom is 0.328 e. The Labute approximate surface area is 120 Å². The summed E-state index contributed by atoms with van der Waals surface area (Å²) < 4.78 is 0. The van der Waals surface area contributed by atoms with Crippen molar-refractivity contribution in [1.29, 1.82) is 0 Å². The van der Waals surface area contributed by atoms with E-state index in [9.17, 15) is 4.79 Å². The van der Waals surface area contributed by atoms with Gasteiger partial charge in [-0.25, -0.2) is 4.79 Å². The first-order chi connectivity index (χ1) is 9.60. The third kappa shape index (κ3) is 3.61. The molecule has 1 aliphatic heterocycles. The highest BCUT2D eigenvalue weighted by atomic mass is 16.4. The molecule has 0 saturated carbocycles. The molecular formula is C16H22N2O2. The lowest BCUT2D eigenvalue weighted by Crippen LogP contribution is -2.46. The van der Waals surface area contributed by atoms with E-state index in [1.165, 1.54) is 11.8 Å². The van der Waals surface area contributed by atoms with Crippen LogP contribution in [0, 0.1) is 6.92 Å². The Hall–Kier alpha value is -1.81. The Morgan fingerprint density at radius 3 is 2.55 bits per heavy atom. The lowest BCUT2D eigenvalue weighted by atomic mass is 10.1. The molecule has 0 bridgehead atoms. The van der Waals surface area contributed by atoms with Crippen molar-refractivity contribution in [3.63, 3.8) is 0 Å². The molecule has 1 aromatic rings. The Morgan fingerprint density at radius 2 is 2.00 bits per heavy atom. The molecule has 1 heterocycles. The number of aryl methyl sites for hydroxylation is 1. The summed E-state index contributed by atoms with van der Waals surface area (Å²) in [5, 5.41) is 8.67. The monoisotopic (exact) mass is 274 g/mol. The Morgan fingerprint density at radius 1 is 1.30 bits per heavy atom. The fraction of sp³-hybridized carbons (Fsp3) is 0.438. The zero-order valence-electron chi connectivity index (χ0n) is 12.2. The van der Waals surface area contributed by atoms with Crippen molar-refractivity contribution in [2.75, 3.05) is 37.6 Å². The van der Waals surface area contributed by atoms with Gasteiger partial charge in [-0.2, -0.15) is 0 Å². The van der Waals surface area contributed by atoms with Crippen LogP contribution in [0.3, 0.4) is 0 Å². The van der Waals surface area contributed by atoms with Crippen molar-refractivity contribution in [3.8, 4) is 0 Å². The number of nitrogens with zero attached hydrogens (tertiary/aromatic N) is 2. The molecule has 2 rings (SSSR count). The molecule has 20 heavy (non-hydrogen) atoms. The van der Waals surface area contributed by atoms with E-state index in [2.05, 4.69) is 28.9 Å². The number of benzene rings is 1. The summed E-state index contributed by atoms with van der Waals surface area (Å²) in [4.78, 5) is 15.4. The molecule has 0 amide bonds. The average molecular weight is 274 g/mol. The van der Waals surface area contributed by atoms with Gasteiger partial charge in [0.2, 0.25) is 0 Å². The predicted octanol–water partition coefficient (Wildman–Crippen LogP) is 2.23. The first-order valence-corrected chi connectivity index (χ1v) is 7.09. The van der Waals surface area contributed by atoms with Crippen molar-refractivity contribution < 1.29 is 9.90 Å². The first kappa shape index (κ1) is 14.6. The predicted molar refractivity (Wildman–Crippen MR) is 82.2 cm³/mol. The molecular weight excluding hydrogens is 252 g/mol. The molecule has 1 aromatic carbocycles. The van der Waals surface area contributed by atoms with E-state index < -0.39 is 5.97 Å². The third-order valence-corrected chi connectivity index (χ3v) is 3.84. The van der Waals surface area contributed by atoms with Crippen LogP contribution in [-0.4, -0.2) is 48.7 Å². The number of likely N-dealkylation sites (N-methyl/N-ethyl adjacent to an activating group) is 1. The number of hydrogen-bond acceptors (Lipinski definition) is 3. The van der Waals surface area contributed by atoms with Crippen LogP contribution < -0.4 is 4.90 Å². The summed E-state index contributed by atoms with van der Waals surface area (Å²) >= 11 is 0. The highest BCUT2D eigenvalue weighted by Crippen LogP contribution is 2.21. The summed E-state index contributed by atoms with van der Waals surface area (Å²) in [7, 11) is 0. The second-order valence-corrected chi connectivity index (χ2v) is 5.13. The maximum atomic E-state index is 10.6. The minimum absolute atomic E-state index is 0.913. The Kier molecular flexibility index (Phi) is 4.79. The van der Waals surface area contributed by atoms with Crippen molar-refractivity contribution in [2.45, 2.75) is 13.8 Å². The third-order valence-electron chi connectivity index (χ3n) is 3.84. The fourth-order valence-electron chi connectivity index (χ4n) is 2.53. The molecule has 0 spiro atoms. The molecule has 4 nitrogen and oxygen atoms in total. The van der Waals surface area contributed by atoms with Crippen LogP contribution in [0.25, 0.3) is 6.08 Å². The molecule has 4 heteroatoms. The molecule has 0 aliphatic carbocycles. The zero-order chi connectivity index (χ0) is 14.5. The van der Waals surface area contributed by atoms with Crippen molar-refractivity contribution >= 4 is 17.7 Å². The van der Waals surface area contributed by atoms with Crippen molar-refractivity contribution in [3.05, 3.63) is 35.4 Å². The average Bonchev–Trinajstić information content (AvgIpc) is 2.46. The summed E-state index contributed by atoms with van der Waals surface area (Å²) in [6.45, 7) is 9.66. The number of aliphatic carboxylic acids is 1. The van der Waals surface area contributed by atoms with Gasteiger partial charge in [0.05, 0.1) is 0 Å². The standard InChI is InChI=1S/C16H22N2O2/c1-3-17-8-10-18(11-9-17)15-6-4-14(13(2)12-15)5-7-16(19)20/h4-7,12H,3,8-11H2,1-2H3,(H,19,20). The fourth-order valence-corrected chi connectivity index (χ4v) is 2.53. The lowest BCUT2D eigenvalue weighted by Gasteiger charge is -2.35. The quantitative estimate of drug-likeness (QED) is 0.855. The Bertz CT molecular complexity index is 503. The minimum Gasteiger partial charge on any atom is -0.478 e. The van der Waals surface area contributed by atoms with Crippen LogP contribution in [0.15, 0.2) is 24.3 Å². The molecule has 0 radical (unpaired) electrons. The van der Waals surface area contributed by atoms with Gasteiger partial charge >= 0.3 is 5.97 Å². The number of hydrogen-bond donors (Lipinski definition) is 1. The van der Waals surface area contributed by atoms with Crippen LogP contribution in [0.4, 0.5) is 5.69 Å². The molecule has 1 N–H and O–H groups in total.